The molecule has 32 heavy (non-hydrogen) atoms. The van der Waals surface area contributed by atoms with Crippen molar-refractivity contribution < 1.29 is 19.1 Å². The van der Waals surface area contributed by atoms with E-state index in [1.807, 2.05) is 39.0 Å². The van der Waals surface area contributed by atoms with Crippen molar-refractivity contribution in [2.75, 3.05) is 25.1 Å². The lowest BCUT2D eigenvalue weighted by molar-refractivity contribution is -0.115. The Balaban J connectivity index is 1.56. The lowest BCUT2D eigenvalue weighted by Crippen LogP contribution is -2.32. The Hall–Kier alpha value is -3.94. The summed E-state index contributed by atoms with van der Waals surface area (Å²) in [6.07, 6.45) is 1.71. The molecule has 0 aliphatic carbocycles. The predicted molar refractivity (Wildman–Crippen MR) is 122 cm³/mol. The molecular weight excluding hydrogens is 408 g/mol. The lowest BCUT2D eigenvalue weighted by Gasteiger charge is -2.12. The Morgan fingerprint density at radius 3 is 2.34 bits per heavy atom. The molecule has 8 heteroatoms. The van der Waals surface area contributed by atoms with Gasteiger partial charge in [0, 0.05) is 28.7 Å². The molecule has 0 fully saturated rings. The van der Waals surface area contributed by atoms with Crippen LogP contribution in [-0.4, -0.2) is 41.5 Å². The first kappa shape index (κ1) is 22.7. The second-order valence-corrected chi connectivity index (χ2v) is 6.86. The van der Waals surface area contributed by atoms with Crippen LogP contribution in [0.5, 0.6) is 11.5 Å². The van der Waals surface area contributed by atoms with Crippen LogP contribution in [0.2, 0.25) is 0 Å². The Morgan fingerprint density at radius 2 is 1.66 bits per heavy atom. The van der Waals surface area contributed by atoms with Gasteiger partial charge in [0.25, 0.3) is 5.91 Å². The van der Waals surface area contributed by atoms with Crippen LogP contribution in [0.25, 0.3) is 11.4 Å². The summed E-state index contributed by atoms with van der Waals surface area (Å²) in [5.74, 6) is 0.967. The Morgan fingerprint density at radius 1 is 0.938 bits per heavy atom. The lowest BCUT2D eigenvalue weighted by atomic mass is 10.2. The van der Waals surface area contributed by atoms with Crippen LogP contribution in [0.3, 0.4) is 0 Å². The van der Waals surface area contributed by atoms with Crippen LogP contribution >= 0.6 is 0 Å². The second-order valence-electron chi connectivity index (χ2n) is 6.86. The van der Waals surface area contributed by atoms with Gasteiger partial charge in [-0.3, -0.25) is 9.59 Å². The Bertz CT molecular complexity index is 1080. The highest BCUT2D eigenvalue weighted by molar-refractivity contribution is 5.99. The highest BCUT2D eigenvalue weighted by Crippen LogP contribution is 2.28. The van der Waals surface area contributed by atoms with Gasteiger partial charge in [0.15, 0.2) is 17.3 Å². The fraction of sp³-hybridized carbons (Fsp3) is 0.250. The molecular formula is C24H26N4O4. The number of rotatable bonds is 9. The molecule has 1 aromatic heterocycles. The zero-order valence-electron chi connectivity index (χ0n) is 18.3. The summed E-state index contributed by atoms with van der Waals surface area (Å²) >= 11 is 0. The topological polar surface area (TPSA) is 102 Å². The van der Waals surface area contributed by atoms with Crippen molar-refractivity contribution in [3.63, 3.8) is 0 Å². The van der Waals surface area contributed by atoms with Crippen molar-refractivity contribution in [2.45, 2.75) is 20.8 Å². The van der Waals surface area contributed by atoms with E-state index in [-0.39, 0.29) is 18.4 Å². The fourth-order valence-electron chi connectivity index (χ4n) is 2.95. The minimum Gasteiger partial charge on any atom is -0.490 e. The highest BCUT2D eigenvalue weighted by atomic mass is 16.5. The van der Waals surface area contributed by atoms with Gasteiger partial charge >= 0.3 is 0 Å². The minimum atomic E-state index is -0.379. The quantitative estimate of drug-likeness (QED) is 0.533. The summed E-state index contributed by atoms with van der Waals surface area (Å²) in [5, 5.41) is 5.37. The standard InChI is InChI=1S/C24H26N4O4/c1-4-31-20-11-8-18(14-21(20)32-5-2)24(30)26-15-22(29)28-19-9-6-17(7-10-19)23-25-13-12-16(3)27-23/h6-14H,4-5,15H2,1-3H3,(H,26,30)(H,28,29). The molecule has 0 saturated heterocycles. The van der Waals surface area contributed by atoms with Crippen molar-refractivity contribution in [1.82, 2.24) is 15.3 Å². The summed E-state index contributed by atoms with van der Waals surface area (Å²) in [5.41, 5.74) is 2.72. The molecule has 1 heterocycles. The first-order chi connectivity index (χ1) is 15.5. The number of hydrogen-bond donors (Lipinski definition) is 2. The highest BCUT2D eigenvalue weighted by Gasteiger charge is 2.13. The number of carbonyl (C=O) groups excluding carboxylic acids is 2. The third-order valence-corrected chi connectivity index (χ3v) is 4.44. The van der Waals surface area contributed by atoms with Crippen LogP contribution in [0.4, 0.5) is 5.69 Å². The number of nitrogens with zero attached hydrogens (tertiary/aromatic N) is 2. The van der Waals surface area contributed by atoms with Crippen molar-refractivity contribution in [3.05, 3.63) is 66.0 Å². The monoisotopic (exact) mass is 434 g/mol. The second kappa shape index (κ2) is 10.9. The van der Waals surface area contributed by atoms with Crippen LogP contribution in [0, 0.1) is 6.92 Å². The summed E-state index contributed by atoms with van der Waals surface area (Å²) in [6, 6.07) is 13.9. The van der Waals surface area contributed by atoms with Crippen LogP contribution in [0.1, 0.15) is 29.9 Å². The number of aryl methyl sites for hydroxylation is 1. The predicted octanol–water partition coefficient (Wildman–Crippen LogP) is 3.62. The van der Waals surface area contributed by atoms with E-state index < -0.39 is 0 Å². The number of carbonyl (C=O) groups is 2. The number of ether oxygens (including phenoxy) is 2. The Labute approximate surface area is 187 Å². The van der Waals surface area contributed by atoms with E-state index in [1.165, 1.54) is 0 Å². The fourth-order valence-corrected chi connectivity index (χ4v) is 2.95. The Kier molecular flexibility index (Phi) is 7.75. The van der Waals surface area contributed by atoms with E-state index in [2.05, 4.69) is 20.6 Å². The van der Waals surface area contributed by atoms with E-state index in [9.17, 15) is 9.59 Å². The number of hydrogen-bond acceptors (Lipinski definition) is 6. The third kappa shape index (κ3) is 6.04. The van der Waals surface area contributed by atoms with Crippen LogP contribution in [0.15, 0.2) is 54.7 Å². The molecule has 2 N–H and O–H groups in total. The van der Waals surface area contributed by atoms with Gasteiger partial charge in [0.2, 0.25) is 5.91 Å². The normalized spacial score (nSPS) is 10.3. The summed E-state index contributed by atoms with van der Waals surface area (Å²) < 4.78 is 11.0. The molecule has 0 saturated carbocycles. The van der Waals surface area contributed by atoms with Crippen molar-refractivity contribution >= 4 is 17.5 Å². The van der Waals surface area contributed by atoms with E-state index in [0.717, 1.165) is 11.3 Å². The molecule has 3 rings (SSSR count). The molecule has 8 nitrogen and oxygen atoms in total. The molecule has 166 valence electrons. The average molecular weight is 434 g/mol. The van der Waals surface area contributed by atoms with Gasteiger partial charge in [-0.1, -0.05) is 0 Å². The first-order valence-electron chi connectivity index (χ1n) is 10.4. The molecule has 3 aromatic rings. The summed E-state index contributed by atoms with van der Waals surface area (Å²) in [6.45, 7) is 6.40. The summed E-state index contributed by atoms with van der Waals surface area (Å²) in [7, 11) is 0. The molecule has 2 aromatic carbocycles. The van der Waals surface area contributed by atoms with Gasteiger partial charge in [-0.05, 0) is 69.3 Å². The van der Waals surface area contributed by atoms with Gasteiger partial charge in [0.05, 0.1) is 19.8 Å². The van der Waals surface area contributed by atoms with Crippen molar-refractivity contribution in [2.24, 2.45) is 0 Å². The molecule has 0 aliphatic rings. The van der Waals surface area contributed by atoms with Gasteiger partial charge in [0.1, 0.15) is 0 Å². The molecule has 0 spiro atoms. The van der Waals surface area contributed by atoms with Gasteiger partial charge in [-0.15, -0.1) is 0 Å². The SMILES string of the molecule is CCOc1ccc(C(=O)NCC(=O)Nc2ccc(-c3nccc(C)n3)cc2)cc1OCC. The molecule has 0 radical (unpaired) electrons. The van der Waals surface area contributed by atoms with E-state index in [1.54, 1.807) is 36.5 Å². The average Bonchev–Trinajstić information content (AvgIpc) is 2.79. The molecule has 0 atom stereocenters. The van der Waals surface area contributed by atoms with Gasteiger partial charge < -0.3 is 20.1 Å². The smallest absolute Gasteiger partial charge is 0.251 e. The maximum atomic E-state index is 12.5. The van der Waals surface area contributed by atoms with Gasteiger partial charge in [-0.2, -0.15) is 0 Å². The molecule has 2 amide bonds. The molecule has 0 unspecified atom stereocenters. The molecule has 0 aliphatic heterocycles. The third-order valence-electron chi connectivity index (χ3n) is 4.44. The maximum absolute atomic E-state index is 12.5. The number of anilines is 1. The zero-order chi connectivity index (χ0) is 22.9. The molecule has 0 bridgehead atoms. The van der Waals surface area contributed by atoms with Crippen molar-refractivity contribution in [1.29, 1.82) is 0 Å². The van der Waals surface area contributed by atoms with Gasteiger partial charge in [-0.25, -0.2) is 9.97 Å². The van der Waals surface area contributed by atoms with E-state index in [0.29, 0.717) is 41.8 Å². The van der Waals surface area contributed by atoms with Crippen molar-refractivity contribution in [3.8, 4) is 22.9 Å². The largest absolute Gasteiger partial charge is 0.490 e. The number of aromatic nitrogens is 2. The van der Waals surface area contributed by atoms with Crippen LogP contribution in [-0.2, 0) is 4.79 Å². The minimum absolute atomic E-state index is 0.168. The van der Waals surface area contributed by atoms with E-state index in [4.69, 9.17) is 9.47 Å². The number of benzene rings is 2. The summed E-state index contributed by atoms with van der Waals surface area (Å²) in [4.78, 5) is 33.3. The van der Waals surface area contributed by atoms with E-state index >= 15 is 0 Å². The zero-order valence-corrected chi connectivity index (χ0v) is 18.3. The maximum Gasteiger partial charge on any atom is 0.251 e. The number of amides is 2. The van der Waals surface area contributed by atoms with Crippen LogP contribution < -0.4 is 20.1 Å². The number of nitrogens with one attached hydrogen (secondary N) is 2. The first-order valence-corrected chi connectivity index (χ1v) is 10.4.